The molecule has 5 heteroatoms. The van der Waals surface area contributed by atoms with Gasteiger partial charge in [0.15, 0.2) is 0 Å². The van der Waals surface area contributed by atoms with E-state index in [0.29, 0.717) is 32.4 Å². The van der Waals surface area contributed by atoms with E-state index in [-0.39, 0.29) is 5.91 Å². The van der Waals surface area contributed by atoms with Crippen LogP contribution in [0.15, 0.2) is 6.07 Å². The van der Waals surface area contributed by atoms with Crippen LogP contribution in [0.1, 0.15) is 46.3 Å². The average Bonchev–Trinajstić information content (AvgIpc) is 2.76. The highest BCUT2D eigenvalue weighted by atomic mass is 32.1. The van der Waals surface area contributed by atoms with Crippen molar-refractivity contribution in [2.45, 2.75) is 40.0 Å². The molecule has 1 aromatic heterocycles. The van der Waals surface area contributed by atoms with Gasteiger partial charge in [-0.15, -0.1) is 11.3 Å². The summed E-state index contributed by atoms with van der Waals surface area (Å²) in [5.74, 6) is -0.684. The summed E-state index contributed by atoms with van der Waals surface area (Å²) >= 11 is 1.63. The lowest BCUT2D eigenvalue weighted by atomic mass is 9.76. The largest absolute Gasteiger partial charge is 0.481 e. The SMILES string of the molecule is CCC1(C(=O)O)CCN(C(=O)c2cc(C)sc2C)CC1. The van der Waals surface area contributed by atoms with E-state index in [4.69, 9.17) is 0 Å². The lowest BCUT2D eigenvalue weighted by Gasteiger charge is -2.38. The molecule has 0 aliphatic carbocycles. The van der Waals surface area contributed by atoms with Gasteiger partial charge in [-0.05, 0) is 39.2 Å². The number of carboxylic acids is 1. The summed E-state index contributed by atoms with van der Waals surface area (Å²) in [5.41, 5.74) is 0.128. The van der Waals surface area contributed by atoms with E-state index < -0.39 is 11.4 Å². The lowest BCUT2D eigenvalue weighted by molar-refractivity contribution is -0.152. The molecule has 20 heavy (non-hydrogen) atoms. The summed E-state index contributed by atoms with van der Waals surface area (Å²) in [6, 6.07) is 1.93. The van der Waals surface area contributed by atoms with Crippen LogP contribution in [0.2, 0.25) is 0 Å². The van der Waals surface area contributed by atoms with Crippen LogP contribution in [0.4, 0.5) is 0 Å². The summed E-state index contributed by atoms with van der Waals surface area (Å²) in [5, 5.41) is 9.38. The molecule has 0 unspecified atom stereocenters. The van der Waals surface area contributed by atoms with E-state index in [1.807, 2.05) is 26.8 Å². The number of piperidine rings is 1. The summed E-state index contributed by atoms with van der Waals surface area (Å²) in [6.07, 6.45) is 1.72. The molecule has 0 saturated carbocycles. The number of likely N-dealkylation sites (tertiary alicyclic amines) is 1. The van der Waals surface area contributed by atoms with Crippen LogP contribution in [-0.2, 0) is 4.79 Å². The highest BCUT2D eigenvalue weighted by Gasteiger charge is 2.41. The number of aliphatic carboxylic acids is 1. The van der Waals surface area contributed by atoms with Gasteiger partial charge in [-0.3, -0.25) is 9.59 Å². The average molecular weight is 295 g/mol. The van der Waals surface area contributed by atoms with Gasteiger partial charge in [0, 0.05) is 22.8 Å². The molecular formula is C15H21NO3S. The van der Waals surface area contributed by atoms with E-state index in [2.05, 4.69) is 0 Å². The normalized spacial score (nSPS) is 18.1. The number of rotatable bonds is 3. The Morgan fingerprint density at radius 3 is 2.35 bits per heavy atom. The van der Waals surface area contributed by atoms with Crippen LogP contribution in [-0.4, -0.2) is 35.0 Å². The molecule has 1 N–H and O–H groups in total. The Morgan fingerprint density at radius 1 is 1.35 bits per heavy atom. The van der Waals surface area contributed by atoms with Crippen molar-refractivity contribution in [1.29, 1.82) is 0 Å². The second-order valence-corrected chi connectivity index (χ2v) is 7.02. The maximum atomic E-state index is 12.5. The molecule has 0 aromatic carbocycles. The predicted molar refractivity (Wildman–Crippen MR) is 79.3 cm³/mol. The number of carbonyl (C=O) groups is 2. The van der Waals surface area contributed by atoms with Crippen LogP contribution in [0, 0.1) is 19.3 Å². The van der Waals surface area contributed by atoms with Crippen molar-refractivity contribution in [1.82, 2.24) is 4.90 Å². The first-order valence-electron chi connectivity index (χ1n) is 6.99. The molecule has 1 saturated heterocycles. The Morgan fingerprint density at radius 2 is 1.95 bits per heavy atom. The van der Waals surface area contributed by atoms with E-state index in [9.17, 15) is 14.7 Å². The van der Waals surface area contributed by atoms with E-state index >= 15 is 0 Å². The molecule has 110 valence electrons. The van der Waals surface area contributed by atoms with Gasteiger partial charge >= 0.3 is 5.97 Å². The van der Waals surface area contributed by atoms with Crippen LogP contribution < -0.4 is 0 Å². The molecule has 4 nitrogen and oxygen atoms in total. The van der Waals surface area contributed by atoms with Gasteiger partial charge in [0.2, 0.25) is 0 Å². The van der Waals surface area contributed by atoms with Crippen molar-refractivity contribution in [3.8, 4) is 0 Å². The van der Waals surface area contributed by atoms with Crippen LogP contribution in [0.3, 0.4) is 0 Å². The summed E-state index contributed by atoms with van der Waals surface area (Å²) in [6.45, 7) is 6.94. The number of hydrogen-bond acceptors (Lipinski definition) is 3. The summed E-state index contributed by atoms with van der Waals surface area (Å²) < 4.78 is 0. The monoisotopic (exact) mass is 295 g/mol. The molecule has 2 heterocycles. The third kappa shape index (κ3) is 2.59. The van der Waals surface area contributed by atoms with Gasteiger partial charge in [0.25, 0.3) is 5.91 Å². The van der Waals surface area contributed by atoms with Crippen LogP contribution in [0.25, 0.3) is 0 Å². The highest BCUT2D eigenvalue weighted by molar-refractivity contribution is 7.12. The molecule has 1 amide bonds. The fourth-order valence-electron chi connectivity index (χ4n) is 2.87. The maximum Gasteiger partial charge on any atom is 0.309 e. The summed E-state index contributed by atoms with van der Waals surface area (Å²) in [7, 11) is 0. The highest BCUT2D eigenvalue weighted by Crippen LogP contribution is 2.36. The van der Waals surface area contributed by atoms with Crippen molar-refractivity contribution in [2.24, 2.45) is 5.41 Å². The van der Waals surface area contributed by atoms with Gasteiger partial charge in [-0.1, -0.05) is 6.92 Å². The van der Waals surface area contributed by atoms with Gasteiger partial charge < -0.3 is 10.0 Å². The van der Waals surface area contributed by atoms with Gasteiger partial charge in [0.1, 0.15) is 0 Å². The first-order valence-corrected chi connectivity index (χ1v) is 7.81. The molecule has 1 aliphatic rings. The zero-order valence-corrected chi connectivity index (χ0v) is 13.0. The fraction of sp³-hybridized carbons (Fsp3) is 0.600. The third-order valence-electron chi connectivity index (χ3n) is 4.41. The molecular weight excluding hydrogens is 274 g/mol. The number of aryl methyl sites for hydroxylation is 2. The fourth-order valence-corrected chi connectivity index (χ4v) is 3.79. The number of carboxylic acid groups (broad SMARTS) is 1. The Balaban J connectivity index is 2.09. The van der Waals surface area contributed by atoms with Gasteiger partial charge in [0.05, 0.1) is 11.0 Å². The molecule has 0 spiro atoms. The standard InChI is InChI=1S/C15H21NO3S/c1-4-15(14(18)19)5-7-16(8-6-15)13(17)12-9-10(2)20-11(12)3/h9H,4-8H2,1-3H3,(H,18,19). The molecule has 2 rings (SSSR count). The number of thiophene rings is 1. The molecule has 1 aromatic rings. The van der Waals surface area contributed by atoms with Crippen molar-refractivity contribution in [3.63, 3.8) is 0 Å². The van der Waals surface area contributed by atoms with E-state index in [0.717, 1.165) is 15.3 Å². The minimum absolute atomic E-state index is 0.0435. The Kier molecular flexibility index (Phi) is 4.18. The zero-order valence-electron chi connectivity index (χ0n) is 12.2. The quantitative estimate of drug-likeness (QED) is 0.932. The maximum absolute atomic E-state index is 12.5. The summed E-state index contributed by atoms with van der Waals surface area (Å²) in [4.78, 5) is 27.9. The Hall–Kier alpha value is -1.36. The van der Waals surface area contributed by atoms with Crippen LogP contribution >= 0.6 is 11.3 Å². The third-order valence-corrected chi connectivity index (χ3v) is 5.38. The van der Waals surface area contributed by atoms with E-state index in [1.54, 1.807) is 16.2 Å². The second-order valence-electron chi connectivity index (χ2n) is 5.56. The van der Waals surface area contributed by atoms with Crippen molar-refractivity contribution >= 4 is 23.2 Å². The van der Waals surface area contributed by atoms with E-state index in [1.165, 1.54) is 0 Å². The number of nitrogens with zero attached hydrogens (tertiary/aromatic N) is 1. The van der Waals surface area contributed by atoms with Crippen molar-refractivity contribution < 1.29 is 14.7 Å². The first-order chi connectivity index (χ1) is 9.39. The number of hydrogen-bond donors (Lipinski definition) is 1. The number of amides is 1. The minimum Gasteiger partial charge on any atom is -0.481 e. The Bertz CT molecular complexity index is 527. The topological polar surface area (TPSA) is 57.6 Å². The van der Waals surface area contributed by atoms with Crippen molar-refractivity contribution in [3.05, 3.63) is 21.4 Å². The predicted octanol–water partition coefficient (Wildman–Crippen LogP) is 3.08. The zero-order chi connectivity index (χ0) is 14.9. The van der Waals surface area contributed by atoms with Crippen molar-refractivity contribution in [2.75, 3.05) is 13.1 Å². The second kappa shape index (κ2) is 5.56. The smallest absolute Gasteiger partial charge is 0.309 e. The molecule has 1 aliphatic heterocycles. The minimum atomic E-state index is -0.727. The lowest BCUT2D eigenvalue weighted by Crippen LogP contribution is -2.46. The van der Waals surface area contributed by atoms with Crippen LogP contribution in [0.5, 0.6) is 0 Å². The first kappa shape index (κ1) is 15.0. The molecule has 0 radical (unpaired) electrons. The Labute approximate surface area is 123 Å². The van der Waals surface area contributed by atoms with Gasteiger partial charge in [-0.2, -0.15) is 0 Å². The number of carbonyl (C=O) groups excluding carboxylic acids is 1. The molecule has 0 bridgehead atoms. The van der Waals surface area contributed by atoms with Gasteiger partial charge in [-0.25, -0.2) is 0 Å². The molecule has 1 fully saturated rings. The molecule has 0 atom stereocenters.